The molecule has 4 aromatic rings. The Bertz CT molecular complexity index is 2470. The van der Waals surface area contributed by atoms with E-state index in [2.05, 4.69) is 54.1 Å². The molecular weight excluding hydrogens is 1050 g/mol. The molecular formula is C58H81N6O15P. The molecule has 1 saturated heterocycles. The van der Waals surface area contributed by atoms with Gasteiger partial charge in [0.05, 0.1) is 59.3 Å². The van der Waals surface area contributed by atoms with Crippen molar-refractivity contribution in [3.05, 3.63) is 107 Å². The molecule has 1 fully saturated rings. The van der Waals surface area contributed by atoms with E-state index in [1.54, 1.807) is 14.2 Å². The number of unbranched alkanes of at least 4 members (excludes halogenated alkanes) is 5. The van der Waals surface area contributed by atoms with E-state index in [0.29, 0.717) is 30.2 Å². The van der Waals surface area contributed by atoms with Crippen LogP contribution in [0.4, 0.5) is 0 Å². The Morgan fingerprint density at radius 3 is 1.91 bits per heavy atom. The molecule has 1 aliphatic heterocycles. The van der Waals surface area contributed by atoms with Gasteiger partial charge in [-0.05, 0) is 81.5 Å². The van der Waals surface area contributed by atoms with Crippen LogP contribution in [0.5, 0.6) is 11.5 Å². The second-order valence-corrected chi connectivity index (χ2v) is 21.2. The van der Waals surface area contributed by atoms with Gasteiger partial charge in [0.1, 0.15) is 47.7 Å². The summed E-state index contributed by atoms with van der Waals surface area (Å²) in [6.45, 7) is 14.4. The zero-order valence-corrected chi connectivity index (χ0v) is 48.8. The Balaban J connectivity index is 1.21. The lowest BCUT2D eigenvalue weighted by atomic mass is 9.80. The molecule has 0 saturated carbocycles. The Morgan fingerprint density at radius 1 is 0.762 bits per heavy atom. The fourth-order valence-electron chi connectivity index (χ4n) is 9.35. The highest BCUT2D eigenvalue weighted by atomic mass is 31.2. The van der Waals surface area contributed by atoms with Crippen LogP contribution in [0.2, 0.25) is 0 Å². The number of carbonyl (C=O) groups is 4. The van der Waals surface area contributed by atoms with Gasteiger partial charge in [-0.3, -0.25) is 23.9 Å². The van der Waals surface area contributed by atoms with E-state index >= 15 is 0 Å². The normalized spacial score (nSPS) is 18.1. The minimum absolute atomic E-state index is 0.0591. The molecule has 1 aliphatic rings. The molecule has 21 nitrogen and oxygen atoms in total. The van der Waals surface area contributed by atoms with Crippen LogP contribution in [0.3, 0.4) is 0 Å². The lowest BCUT2D eigenvalue weighted by molar-refractivity contribution is -0.277. The van der Waals surface area contributed by atoms with Crippen LogP contribution in [-0.2, 0) is 80.1 Å². The number of hydrogen-bond donors (Lipinski definition) is 1. The lowest BCUT2D eigenvalue weighted by Crippen LogP contribution is -2.66. The number of nitrogens with zero attached hydrogens (tertiary/aromatic N) is 5. The quantitative estimate of drug-likeness (QED) is 0.0149. The third-order valence-corrected chi connectivity index (χ3v) is 15.0. The van der Waals surface area contributed by atoms with Crippen molar-refractivity contribution in [3.8, 4) is 17.6 Å². The van der Waals surface area contributed by atoms with Crippen LogP contribution in [0.15, 0.2) is 85.1 Å². The number of nitriles is 1. The van der Waals surface area contributed by atoms with Crippen molar-refractivity contribution in [1.29, 1.82) is 5.26 Å². The van der Waals surface area contributed by atoms with Gasteiger partial charge in [-0.25, -0.2) is 4.67 Å². The maximum absolute atomic E-state index is 12.3. The van der Waals surface area contributed by atoms with Gasteiger partial charge < -0.3 is 57.0 Å². The number of amides is 1. The van der Waals surface area contributed by atoms with E-state index in [1.165, 1.54) is 27.7 Å². The molecule has 1 N–H and O–H groups in total. The van der Waals surface area contributed by atoms with E-state index < -0.39 is 74.7 Å². The van der Waals surface area contributed by atoms with E-state index in [9.17, 15) is 24.4 Å². The van der Waals surface area contributed by atoms with E-state index in [4.69, 9.17) is 51.7 Å². The number of esters is 3. The van der Waals surface area contributed by atoms with Crippen LogP contribution < -0.4 is 14.8 Å². The molecule has 0 bridgehead atoms. The van der Waals surface area contributed by atoms with Gasteiger partial charge in [-0.15, -0.1) is 5.10 Å². The highest BCUT2D eigenvalue weighted by molar-refractivity contribution is 7.44. The minimum atomic E-state index is -1.68. The van der Waals surface area contributed by atoms with Gasteiger partial charge >= 0.3 is 17.9 Å². The van der Waals surface area contributed by atoms with Crippen LogP contribution in [0, 0.1) is 11.3 Å². The molecule has 80 heavy (non-hydrogen) atoms. The number of nitrogens with one attached hydrogen (secondary N) is 1. The van der Waals surface area contributed by atoms with Crippen molar-refractivity contribution in [1.82, 2.24) is 25.0 Å². The second kappa shape index (κ2) is 33.6. The number of aryl methyl sites for hydroxylation is 1. The van der Waals surface area contributed by atoms with E-state index in [0.717, 1.165) is 48.8 Å². The Morgan fingerprint density at radius 2 is 1.35 bits per heavy atom. The maximum atomic E-state index is 12.3. The summed E-state index contributed by atoms with van der Waals surface area (Å²) in [6.07, 6.45) is 2.15. The zero-order chi connectivity index (χ0) is 58.0. The average Bonchev–Trinajstić information content (AvgIpc) is 3.92. The molecule has 7 atom stereocenters. The van der Waals surface area contributed by atoms with Gasteiger partial charge in [-0.2, -0.15) is 5.26 Å². The highest BCUT2D eigenvalue weighted by Gasteiger charge is 2.51. The molecule has 1 aromatic heterocycles. The number of carbonyl (C=O) groups excluding carboxylic acids is 4. The van der Waals surface area contributed by atoms with Crippen molar-refractivity contribution >= 4 is 32.3 Å². The summed E-state index contributed by atoms with van der Waals surface area (Å²) in [5.74, 6) is -0.974. The third-order valence-electron chi connectivity index (χ3n) is 12.8. The number of hydrogen-bond acceptors (Lipinski definition) is 19. The first kappa shape index (κ1) is 64.7. The summed E-state index contributed by atoms with van der Waals surface area (Å²) in [7, 11) is 1.59. The molecule has 1 amide bonds. The summed E-state index contributed by atoms with van der Waals surface area (Å²) in [5.41, 5.74) is 2.15. The van der Waals surface area contributed by atoms with Crippen LogP contribution in [0.1, 0.15) is 123 Å². The summed E-state index contributed by atoms with van der Waals surface area (Å²) < 4.78 is 70.6. The third kappa shape index (κ3) is 19.9. The predicted octanol–water partition coefficient (Wildman–Crippen LogP) is 8.50. The first-order valence-corrected chi connectivity index (χ1v) is 28.3. The van der Waals surface area contributed by atoms with Gasteiger partial charge in [0, 0.05) is 52.9 Å². The topological polar surface area (TPSA) is 240 Å². The van der Waals surface area contributed by atoms with Gasteiger partial charge in [0.2, 0.25) is 5.91 Å². The first-order chi connectivity index (χ1) is 38.5. The van der Waals surface area contributed by atoms with Crippen LogP contribution in [-0.4, -0.2) is 140 Å². The Kier molecular flexibility index (Phi) is 27.2. The van der Waals surface area contributed by atoms with Crippen molar-refractivity contribution in [3.63, 3.8) is 0 Å². The van der Waals surface area contributed by atoms with Crippen molar-refractivity contribution in [2.75, 3.05) is 47.3 Å². The predicted molar refractivity (Wildman–Crippen MR) is 296 cm³/mol. The molecule has 0 radical (unpaired) electrons. The highest BCUT2D eigenvalue weighted by Crippen LogP contribution is 2.48. The van der Waals surface area contributed by atoms with Gasteiger partial charge in [0.25, 0.3) is 8.53 Å². The van der Waals surface area contributed by atoms with Gasteiger partial charge in [-0.1, -0.05) is 85.5 Å². The molecule has 22 heteroatoms. The molecule has 0 spiro atoms. The van der Waals surface area contributed by atoms with Crippen LogP contribution >= 0.6 is 8.53 Å². The SMILES string of the molecule is COc1ccc(C(OC[C@H](COCc2cn(CCCCCCCCOC3OC(COC(C)=O)C(OC(C)=O)C(OC(C)=O)C3NC(C)=O)nn2)OP(OCCC#N)N(C(C)C)C(C)C)(c2ccccc2)c2ccc(OC)cc2)cc1. The molecule has 2 heterocycles. The summed E-state index contributed by atoms with van der Waals surface area (Å²) in [5, 5.41) is 21.0. The molecule has 6 unspecified atom stereocenters. The van der Waals surface area contributed by atoms with Crippen molar-refractivity contribution < 1.29 is 70.9 Å². The fourth-order valence-corrected chi connectivity index (χ4v) is 11.0. The second-order valence-electron chi connectivity index (χ2n) is 19.8. The minimum Gasteiger partial charge on any atom is -0.497 e. The smallest absolute Gasteiger partial charge is 0.303 e. The molecule has 5 rings (SSSR count). The van der Waals surface area contributed by atoms with Crippen molar-refractivity contribution in [2.45, 2.75) is 168 Å². The fraction of sp³-hybridized carbons (Fsp3) is 0.569. The summed E-state index contributed by atoms with van der Waals surface area (Å²) >= 11 is 0. The number of aromatic nitrogens is 3. The Labute approximate surface area is 472 Å². The van der Waals surface area contributed by atoms with E-state index in [1.807, 2.05) is 89.7 Å². The molecule has 438 valence electrons. The summed E-state index contributed by atoms with van der Waals surface area (Å²) in [6, 6.07) is 27.0. The van der Waals surface area contributed by atoms with Crippen LogP contribution in [0.25, 0.3) is 0 Å². The number of ether oxygens (including phenoxy) is 9. The van der Waals surface area contributed by atoms with Crippen molar-refractivity contribution in [2.24, 2.45) is 0 Å². The maximum Gasteiger partial charge on any atom is 0.303 e. The Hall–Kier alpha value is -6.08. The standard InChI is InChI=1S/C58H81N6O15P/c1-40(2)64(41(3)4)80(75-34-20-31-59)79-52(38-74-58(46-21-16-15-17-22-46,47-23-27-50(69-9)28-24-47)48-25-29-51(70-10)30-26-48)37-71-36-49-35-63(62-61-49)32-18-13-11-12-14-19-33-72-57-54(60-42(5)65)56(77-45(8)68)55(76-44(7)67)53(78-57)39-73-43(6)66/h15-17,21-30,35,40-41,52-57H,11-14,18-20,32-34,36-39H2,1-10H3,(H,60,65)/t52-,53?,54?,55?,56?,57?,80?/m0/s1. The number of methoxy groups -OCH3 is 2. The first-order valence-electron chi connectivity index (χ1n) is 27.2. The molecule has 3 aromatic carbocycles. The van der Waals surface area contributed by atoms with Gasteiger partial charge in [0.15, 0.2) is 18.5 Å². The number of rotatable bonds is 35. The zero-order valence-electron chi connectivity index (χ0n) is 47.9. The largest absolute Gasteiger partial charge is 0.497 e. The lowest BCUT2D eigenvalue weighted by Gasteiger charge is -2.44. The molecule has 0 aliphatic carbocycles. The summed E-state index contributed by atoms with van der Waals surface area (Å²) in [4.78, 5) is 48.2. The van der Waals surface area contributed by atoms with E-state index in [-0.39, 0.29) is 58.1 Å². The average molecular weight is 1130 g/mol. The number of benzene rings is 3. The monoisotopic (exact) mass is 1130 g/mol.